The standard InChI is InChI=1S/C18H25N5O2/c24-17-20-15-7-6-14(12-16(15)21-17)22-8-10-23(11-9-22)18(25)19-13-4-2-1-3-5-13/h6-7,12-13H,1-5,8-11H2,(H,19,25)(H2,20,21,24). The van der Waals surface area contributed by atoms with E-state index in [1.807, 2.05) is 23.1 Å². The Morgan fingerprint density at radius 3 is 2.48 bits per heavy atom. The lowest BCUT2D eigenvalue weighted by Crippen LogP contribution is -2.53. The Labute approximate surface area is 146 Å². The fourth-order valence-corrected chi connectivity index (χ4v) is 3.90. The highest BCUT2D eigenvalue weighted by Crippen LogP contribution is 2.21. The van der Waals surface area contributed by atoms with E-state index in [4.69, 9.17) is 0 Å². The molecule has 0 unspecified atom stereocenters. The van der Waals surface area contributed by atoms with Crippen molar-refractivity contribution in [1.29, 1.82) is 0 Å². The van der Waals surface area contributed by atoms with Crippen LogP contribution in [0.1, 0.15) is 32.1 Å². The summed E-state index contributed by atoms with van der Waals surface area (Å²) in [5, 5.41) is 3.19. The molecule has 1 aromatic carbocycles. The molecular weight excluding hydrogens is 318 g/mol. The Morgan fingerprint density at radius 2 is 1.72 bits per heavy atom. The van der Waals surface area contributed by atoms with Gasteiger partial charge in [-0.25, -0.2) is 9.59 Å². The van der Waals surface area contributed by atoms with Crippen LogP contribution in [0.4, 0.5) is 10.5 Å². The summed E-state index contributed by atoms with van der Waals surface area (Å²) >= 11 is 0. The number of anilines is 1. The second-order valence-electron chi connectivity index (χ2n) is 7.07. The van der Waals surface area contributed by atoms with Crippen molar-refractivity contribution >= 4 is 22.8 Å². The van der Waals surface area contributed by atoms with Gasteiger partial charge in [-0.15, -0.1) is 0 Å². The minimum absolute atomic E-state index is 0.0805. The third-order valence-corrected chi connectivity index (χ3v) is 5.36. The highest BCUT2D eigenvalue weighted by molar-refractivity contribution is 5.79. The van der Waals surface area contributed by atoms with Gasteiger partial charge in [-0.2, -0.15) is 0 Å². The number of benzene rings is 1. The molecule has 7 nitrogen and oxygen atoms in total. The van der Waals surface area contributed by atoms with E-state index in [1.54, 1.807) is 0 Å². The summed E-state index contributed by atoms with van der Waals surface area (Å²) in [5.74, 6) is 0. The summed E-state index contributed by atoms with van der Waals surface area (Å²) in [5.41, 5.74) is 2.53. The SMILES string of the molecule is O=C(NC1CCCCC1)N1CCN(c2ccc3[nH]c(=O)[nH]c3c2)CC1. The van der Waals surface area contributed by atoms with Crippen LogP contribution in [0.15, 0.2) is 23.0 Å². The maximum Gasteiger partial charge on any atom is 0.323 e. The fraction of sp³-hybridized carbons (Fsp3) is 0.556. The first-order valence-corrected chi connectivity index (χ1v) is 9.21. The highest BCUT2D eigenvalue weighted by atomic mass is 16.2. The number of H-pyrrole nitrogens is 2. The van der Waals surface area contributed by atoms with Crippen molar-refractivity contribution in [3.63, 3.8) is 0 Å². The van der Waals surface area contributed by atoms with Crippen molar-refractivity contribution in [1.82, 2.24) is 20.2 Å². The van der Waals surface area contributed by atoms with Crippen LogP contribution in [0, 0.1) is 0 Å². The van der Waals surface area contributed by atoms with Gasteiger partial charge in [-0.1, -0.05) is 19.3 Å². The fourth-order valence-electron chi connectivity index (χ4n) is 3.90. The van der Waals surface area contributed by atoms with Crippen LogP contribution < -0.4 is 15.9 Å². The molecular formula is C18H25N5O2. The Bertz CT molecular complexity index is 797. The predicted octanol–water partition coefficient (Wildman–Crippen LogP) is 2.02. The summed E-state index contributed by atoms with van der Waals surface area (Å²) in [7, 11) is 0. The first kappa shape index (κ1) is 16.1. The van der Waals surface area contributed by atoms with Gasteiger partial charge in [-0.05, 0) is 31.0 Å². The minimum atomic E-state index is -0.184. The van der Waals surface area contributed by atoms with Crippen LogP contribution in [0.5, 0.6) is 0 Å². The summed E-state index contributed by atoms with van der Waals surface area (Å²) in [4.78, 5) is 33.6. The molecule has 1 saturated heterocycles. The molecule has 1 aliphatic carbocycles. The Morgan fingerprint density at radius 1 is 1.00 bits per heavy atom. The van der Waals surface area contributed by atoms with Crippen LogP contribution in [-0.2, 0) is 0 Å². The van der Waals surface area contributed by atoms with E-state index in [-0.39, 0.29) is 11.7 Å². The van der Waals surface area contributed by atoms with Crippen molar-refractivity contribution in [2.75, 3.05) is 31.1 Å². The number of amides is 2. The van der Waals surface area contributed by atoms with Gasteiger partial charge in [-0.3, -0.25) is 0 Å². The molecule has 2 aliphatic rings. The number of piperazine rings is 1. The van der Waals surface area contributed by atoms with E-state index < -0.39 is 0 Å². The Balaban J connectivity index is 1.35. The van der Waals surface area contributed by atoms with Crippen LogP contribution >= 0.6 is 0 Å². The highest BCUT2D eigenvalue weighted by Gasteiger charge is 2.24. The number of hydrogen-bond acceptors (Lipinski definition) is 3. The first-order chi connectivity index (χ1) is 12.2. The molecule has 25 heavy (non-hydrogen) atoms. The summed E-state index contributed by atoms with van der Waals surface area (Å²) in [6, 6.07) is 6.36. The quantitative estimate of drug-likeness (QED) is 0.780. The van der Waals surface area contributed by atoms with Gasteiger partial charge in [0, 0.05) is 37.9 Å². The normalized spacial score (nSPS) is 19.4. The van der Waals surface area contributed by atoms with Crippen molar-refractivity contribution < 1.29 is 4.79 Å². The van der Waals surface area contributed by atoms with Crippen LogP contribution in [0.3, 0.4) is 0 Å². The number of fused-ring (bicyclic) bond motifs is 1. The topological polar surface area (TPSA) is 84.2 Å². The minimum Gasteiger partial charge on any atom is -0.368 e. The zero-order valence-electron chi connectivity index (χ0n) is 14.4. The third kappa shape index (κ3) is 3.50. The lowest BCUT2D eigenvalue weighted by atomic mass is 9.96. The maximum absolute atomic E-state index is 12.4. The van der Waals surface area contributed by atoms with E-state index in [0.717, 1.165) is 55.7 Å². The number of nitrogens with zero attached hydrogens (tertiary/aromatic N) is 2. The van der Waals surface area contributed by atoms with Crippen molar-refractivity contribution in [2.24, 2.45) is 0 Å². The summed E-state index contributed by atoms with van der Waals surface area (Å²) in [6.45, 7) is 3.05. The monoisotopic (exact) mass is 343 g/mol. The molecule has 0 radical (unpaired) electrons. The van der Waals surface area contributed by atoms with E-state index in [9.17, 15) is 9.59 Å². The number of imidazole rings is 1. The second kappa shape index (κ2) is 6.82. The number of carbonyl (C=O) groups excluding carboxylic acids is 1. The molecule has 0 atom stereocenters. The van der Waals surface area contributed by atoms with E-state index in [0.29, 0.717) is 6.04 Å². The molecule has 4 rings (SSSR count). The lowest BCUT2D eigenvalue weighted by Gasteiger charge is -2.37. The summed E-state index contributed by atoms with van der Waals surface area (Å²) < 4.78 is 0. The molecule has 0 bridgehead atoms. The average molecular weight is 343 g/mol. The van der Waals surface area contributed by atoms with Crippen LogP contribution in [-0.4, -0.2) is 53.1 Å². The Hall–Kier alpha value is -2.44. The molecule has 1 aliphatic heterocycles. The van der Waals surface area contributed by atoms with Gasteiger partial charge in [0.2, 0.25) is 0 Å². The van der Waals surface area contributed by atoms with Gasteiger partial charge < -0.3 is 25.1 Å². The number of nitrogens with one attached hydrogen (secondary N) is 3. The molecule has 1 saturated carbocycles. The predicted molar refractivity (Wildman–Crippen MR) is 98.1 cm³/mol. The molecule has 134 valence electrons. The number of rotatable bonds is 2. The van der Waals surface area contributed by atoms with Gasteiger partial charge >= 0.3 is 11.7 Å². The zero-order valence-corrected chi connectivity index (χ0v) is 14.4. The molecule has 2 fully saturated rings. The zero-order chi connectivity index (χ0) is 17.2. The average Bonchev–Trinajstić information content (AvgIpc) is 3.02. The maximum atomic E-state index is 12.4. The molecule has 3 N–H and O–H groups in total. The van der Waals surface area contributed by atoms with E-state index in [1.165, 1.54) is 19.3 Å². The molecule has 2 amide bonds. The molecule has 1 aromatic heterocycles. The van der Waals surface area contributed by atoms with Gasteiger partial charge in [0.1, 0.15) is 0 Å². The van der Waals surface area contributed by atoms with Crippen molar-refractivity contribution in [3.8, 4) is 0 Å². The Kier molecular flexibility index (Phi) is 4.38. The van der Waals surface area contributed by atoms with E-state index >= 15 is 0 Å². The van der Waals surface area contributed by atoms with Crippen LogP contribution in [0.25, 0.3) is 11.0 Å². The third-order valence-electron chi connectivity index (χ3n) is 5.36. The van der Waals surface area contributed by atoms with Gasteiger partial charge in [0.25, 0.3) is 0 Å². The van der Waals surface area contributed by atoms with Crippen LogP contribution in [0.2, 0.25) is 0 Å². The number of urea groups is 1. The second-order valence-corrected chi connectivity index (χ2v) is 7.07. The smallest absolute Gasteiger partial charge is 0.323 e. The number of carbonyl (C=O) groups is 1. The molecule has 7 heteroatoms. The number of aromatic amines is 2. The number of aromatic nitrogens is 2. The van der Waals surface area contributed by atoms with Crippen molar-refractivity contribution in [3.05, 3.63) is 28.7 Å². The van der Waals surface area contributed by atoms with Gasteiger partial charge in [0.15, 0.2) is 0 Å². The van der Waals surface area contributed by atoms with Gasteiger partial charge in [0.05, 0.1) is 11.0 Å². The summed E-state index contributed by atoms with van der Waals surface area (Å²) in [6.07, 6.45) is 5.97. The molecule has 2 heterocycles. The molecule has 2 aromatic rings. The first-order valence-electron chi connectivity index (χ1n) is 9.21. The largest absolute Gasteiger partial charge is 0.368 e. The van der Waals surface area contributed by atoms with E-state index in [2.05, 4.69) is 20.2 Å². The number of hydrogen-bond donors (Lipinski definition) is 3. The lowest BCUT2D eigenvalue weighted by molar-refractivity contribution is 0.186. The van der Waals surface area contributed by atoms with Crippen molar-refractivity contribution in [2.45, 2.75) is 38.1 Å². The molecule has 0 spiro atoms.